The molecule has 0 aliphatic carbocycles. The van der Waals surface area contributed by atoms with Gasteiger partial charge in [0.05, 0.1) is 6.10 Å². The zero-order valence-corrected chi connectivity index (χ0v) is 13.5. The van der Waals surface area contributed by atoms with E-state index in [1.807, 2.05) is 6.07 Å². The number of hydrogen-bond donors (Lipinski definition) is 1. The van der Waals surface area contributed by atoms with Crippen LogP contribution in [0.3, 0.4) is 0 Å². The highest BCUT2D eigenvalue weighted by Gasteiger charge is 2.15. The molecule has 1 atom stereocenters. The maximum Gasteiger partial charge on any atom is 0.213 e. The number of nitrogens with one attached hydrogen (secondary N) is 1. The molecule has 0 radical (unpaired) electrons. The van der Waals surface area contributed by atoms with E-state index in [2.05, 4.69) is 37.1 Å². The van der Waals surface area contributed by atoms with Crippen molar-refractivity contribution >= 4 is 0 Å². The maximum absolute atomic E-state index is 5.87. The smallest absolute Gasteiger partial charge is 0.213 e. The minimum Gasteiger partial charge on any atom is -0.475 e. The number of pyridine rings is 1. The molecule has 1 saturated heterocycles. The topological polar surface area (TPSA) is 43.4 Å². The van der Waals surface area contributed by atoms with Gasteiger partial charge < -0.3 is 14.8 Å². The summed E-state index contributed by atoms with van der Waals surface area (Å²) in [7, 11) is 0. The largest absolute Gasteiger partial charge is 0.475 e. The number of hydrogen-bond acceptors (Lipinski definition) is 4. The Morgan fingerprint density at radius 2 is 2.24 bits per heavy atom. The molecular weight excluding hydrogens is 264 g/mol. The Morgan fingerprint density at radius 1 is 1.38 bits per heavy atom. The third-order valence-electron chi connectivity index (χ3n) is 3.68. The van der Waals surface area contributed by atoms with E-state index >= 15 is 0 Å². The number of ether oxygens (including phenoxy) is 2. The summed E-state index contributed by atoms with van der Waals surface area (Å²) in [5.41, 5.74) is 2.31. The van der Waals surface area contributed by atoms with Crippen LogP contribution in [0.4, 0.5) is 0 Å². The Bertz CT molecular complexity index is 429. The molecule has 4 heteroatoms. The molecule has 1 N–H and O–H groups in total. The van der Waals surface area contributed by atoms with Gasteiger partial charge >= 0.3 is 0 Å². The lowest BCUT2D eigenvalue weighted by atomic mass is 10.1. The van der Waals surface area contributed by atoms with Crippen LogP contribution in [-0.4, -0.2) is 30.3 Å². The standard InChI is InChI=1S/C17H28N2O2/c1-4-15-9-14(11-18-13(2)3)10-17(19-15)21-12-16-7-5-6-8-20-16/h9-10,13,16,18H,4-8,11-12H2,1-3H3. The summed E-state index contributed by atoms with van der Waals surface area (Å²) in [5.74, 6) is 0.726. The highest BCUT2D eigenvalue weighted by Crippen LogP contribution is 2.17. The first kappa shape index (κ1) is 16.2. The van der Waals surface area contributed by atoms with Crippen LogP contribution in [0, 0.1) is 0 Å². The van der Waals surface area contributed by atoms with E-state index in [-0.39, 0.29) is 6.10 Å². The fraction of sp³-hybridized carbons (Fsp3) is 0.706. The van der Waals surface area contributed by atoms with Gasteiger partial charge in [0.2, 0.25) is 5.88 Å². The number of rotatable bonds is 7. The third kappa shape index (κ3) is 5.64. The molecule has 0 aromatic carbocycles. The zero-order chi connectivity index (χ0) is 15.1. The van der Waals surface area contributed by atoms with Gasteiger partial charge in [-0.2, -0.15) is 0 Å². The Kier molecular flexibility index (Phi) is 6.46. The molecular formula is C17H28N2O2. The average molecular weight is 292 g/mol. The summed E-state index contributed by atoms with van der Waals surface area (Å²) in [6.07, 6.45) is 4.65. The monoisotopic (exact) mass is 292 g/mol. The van der Waals surface area contributed by atoms with Crippen molar-refractivity contribution in [1.29, 1.82) is 0 Å². The first-order chi connectivity index (χ1) is 10.2. The predicted molar refractivity (Wildman–Crippen MR) is 84.7 cm³/mol. The molecule has 2 heterocycles. The maximum atomic E-state index is 5.87. The number of aromatic nitrogens is 1. The Labute approximate surface area is 128 Å². The minimum atomic E-state index is 0.225. The van der Waals surface area contributed by atoms with Gasteiger partial charge in [-0.1, -0.05) is 20.8 Å². The quantitative estimate of drug-likeness (QED) is 0.838. The summed E-state index contributed by atoms with van der Waals surface area (Å²) in [5, 5.41) is 3.44. The number of aryl methyl sites for hydroxylation is 1. The normalized spacial score (nSPS) is 19.0. The molecule has 1 fully saturated rings. The van der Waals surface area contributed by atoms with Gasteiger partial charge in [-0.15, -0.1) is 0 Å². The van der Waals surface area contributed by atoms with Gasteiger partial charge in [-0.3, -0.25) is 0 Å². The molecule has 1 aliphatic rings. The second-order valence-corrected chi connectivity index (χ2v) is 5.99. The van der Waals surface area contributed by atoms with E-state index in [9.17, 15) is 0 Å². The average Bonchev–Trinajstić information content (AvgIpc) is 2.51. The van der Waals surface area contributed by atoms with E-state index in [0.717, 1.165) is 37.6 Å². The second kappa shape index (κ2) is 8.35. The molecule has 1 unspecified atom stereocenters. The van der Waals surface area contributed by atoms with Crippen molar-refractivity contribution in [3.63, 3.8) is 0 Å². The van der Waals surface area contributed by atoms with Crippen molar-refractivity contribution in [3.05, 3.63) is 23.4 Å². The van der Waals surface area contributed by atoms with Gasteiger partial charge in [0.15, 0.2) is 0 Å². The molecule has 1 aromatic heterocycles. The van der Waals surface area contributed by atoms with Crippen molar-refractivity contribution in [3.8, 4) is 5.88 Å². The molecule has 1 aliphatic heterocycles. The van der Waals surface area contributed by atoms with E-state index in [4.69, 9.17) is 9.47 Å². The van der Waals surface area contributed by atoms with Crippen molar-refractivity contribution in [1.82, 2.24) is 10.3 Å². The van der Waals surface area contributed by atoms with Crippen LogP contribution in [0.5, 0.6) is 5.88 Å². The van der Waals surface area contributed by atoms with Crippen molar-refractivity contribution in [2.24, 2.45) is 0 Å². The highest BCUT2D eigenvalue weighted by molar-refractivity contribution is 5.25. The summed E-state index contributed by atoms with van der Waals surface area (Å²) in [6.45, 7) is 8.75. The van der Waals surface area contributed by atoms with E-state index < -0.39 is 0 Å². The molecule has 0 spiro atoms. The number of nitrogens with zero attached hydrogens (tertiary/aromatic N) is 1. The second-order valence-electron chi connectivity index (χ2n) is 5.99. The lowest BCUT2D eigenvalue weighted by molar-refractivity contribution is -0.0119. The third-order valence-corrected chi connectivity index (χ3v) is 3.68. The Balaban J connectivity index is 1.94. The van der Waals surface area contributed by atoms with E-state index in [0.29, 0.717) is 12.6 Å². The van der Waals surface area contributed by atoms with Gasteiger partial charge in [0.25, 0.3) is 0 Å². The van der Waals surface area contributed by atoms with E-state index in [1.165, 1.54) is 18.4 Å². The molecule has 4 nitrogen and oxygen atoms in total. The zero-order valence-electron chi connectivity index (χ0n) is 13.5. The summed E-state index contributed by atoms with van der Waals surface area (Å²) in [4.78, 5) is 4.56. The highest BCUT2D eigenvalue weighted by atomic mass is 16.5. The van der Waals surface area contributed by atoms with Crippen molar-refractivity contribution in [2.45, 2.75) is 65.1 Å². The molecule has 0 amide bonds. The van der Waals surface area contributed by atoms with Crippen LogP contribution < -0.4 is 10.1 Å². The lowest BCUT2D eigenvalue weighted by Crippen LogP contribution is -2.26. The van der Waals surface area contributed by atoms with Gasteiger partial charge in [-0.05, 0) is 37.3 Å². The molecule has 118 valence electrons. The van der Waals surface area contributed by atoms with Crippen LogP contribution in [0.2, 0.25) is 0 Å². The van der Waals surface area contributed by atoms with Crippen LogP contribution in [-0.2, 0) is 17.7 Å². The minimum absolute atomic E-state index is 0.225. The van der Waals surface area contributed by atoms with Crippen LogP contribution in [0.15, 0.2) is 12.1 Å². The van der Waals surface area contributed by atoms with Gasteiger partial charge in [-0.25, -0.2) is 4.98 Å². The molecule has 0 bridgehead atoms. The first-order valence-electron chi connectivity index (χ1n) is 8.15. The van der Waals surface area contributed by atoms with Crippen LogP contribution >= 0.6 is 0 Å². The summed E-state index contributed by atoms with van der Waals surface area (Å²) in [6, 6.07) is 4.67. The predicted octanol–water partition coefficient (Wildman–Crippen LogP) is 3.09. The molecule has 0 saturated carbocycles. The summed E-state index contributed by atoms with van der Waals surface area (Å²) < 4.78 is 11.6. The fourth-order valence-electron chi connectivity index (χ4n) is 2.42. The van der Waals surface area contributed by atoms with Gasteiger partial charge in [0, 0.05) is 31.0 Å². The lowest BCUT2D eigenvalue weighted by Gasteiger charge is -2.22. The SMILES string of the molecule is CCc1cc(CNC(C)C)cc(OCC2CCCCO2)n1. The van der Waals surface area contributed by atoms with Crippen molar-refractivity contribution in [2.75, 3.05) is 13.2 Å². The molecule has 1 aromatic rings. The fourth-order valence-corrected chi connectivity index (χ4v) is 2.42. The molecule has 21 heavy (non-hydrogen) atoms. The van der Waals surface area contributed by atoms with E-state index in [1.54, 1.807) is 0 Å². The Morgan fingerprint density at radius 3 is 2.90 bits per heavy atom. The van der Waals surface area contributed by atoms with Crippen molar-refractivity contribution < 1.29 is 9.47 Å². The Hall–Kier alpha value is -1.13. The molecule has 2 rings (SSSR count). The first-order valence-corrected chi connectivity index (χ1v) is 8.15. The summed E-state index contributed by atoms with van der Waals surface area (Å²) >= 11 is 0. The van der Waals surface area contributed by atoms with Gasteiger partial charge in [0.1, 0.15) is 6.61 Å². The van der Waals surface area contributed by atoms with Crippen LogP contribution in [0.1, 0.15) is 51.3 Å². The van der Waals surface area contributed by atoms with Crippen LogP contribution in [0.25, 0.3) is 0 Å².